The molecule has 102 valence electrons. The highest BCUT2D eigenvalue weighted by Gasteiger charge is 2.27. The largest absolute Gasteiger partial charge is 0.467 e. The molecule has 1 N–H and O–H groups in total. The standard InChI is InChI=1S/C9H13F3N4O2/c1-3-13-6-14-7(17-2)16-8(15-6)18-5-4-9(10,11)12/h3-5H2,1-2H3,(H,13,14,15,16). The van der Waals surface area contributed by atoms with Crippen molar-refractivity contribution < 1.29 is 22.6 Å². The first-order chi connectivity index (χ1) is 8.44. The van der Waals surface area contributed by atoms with E-state index in [1.165, 1.54) is 7.11 Å². The van der Waals surface area contributed by atoms with Crippen LogP contribution in [0.2, 0.25) is 0 Å². The summed E-state index contributed by atoms with van der Waals surface area (Å²) < 4.78 is 45.4. The summed E-state index contributed by atoms with van der Waals surface area (Å²) in [5.74, 6) is 0.186. The SMILES string of the molecule is CCNc1nc(OC)nc(OCCC(F)(F)F)n1. The minimum Gasteiger partial charge on any atom is -0.467 e. The van der Waals surface area contributed by atoms with E-state index in [0.29, 0.717) is 6.54 Å². The van der Waals surface area contributed by atoms with Crippen molar-refractivity contribution in [1.29, 1.82) is 0 Å². The van der Waals surface area contributed by atoms with Crippen molar-refractivity contribution in [2.45, 2.75) is 19.5 Å². The summed E-state index contributed by atoms with van der Waals surface area (Å²) in [7, 11) is 1.34. The van der Waals surface area contributed by atoms with Crippen molar-refractivity contribution in [1.82, 2.24) is 15.0 Å². The lowest BCUT2D eigenvalue weighted by atomic mass is 10.4. The van der Waals surface area contributed by atoms with Gasteiger partial charge in [0, 0.05) is 6.54 Å². The Balaban J connectivity index is 2.66. The minimum atomic E-state index is -4.28. The number of methoxy groups -OCH3 is 1. The zero-order valence-electron chi connectivity index (χ0n) is 9.91. The Kier molecular flexibility index (Phi) is 4.93. The van der Waals surface area contributed by atoms with Gasteiger partial charge in [-0.15, -0.1) is 4.98 Å². The van der Waals surface area contributed by atoms with E-state index in [4.69, 9.17) is 9.47 Å². The monoisotopic (exact) mass is 266 g/mol. The summed E-state index contributed by atoms with van der Waals surface area (Å²) in [4.78, 5) is 11.3. The van der Waals surface area contributed by atoms with Crippen molar-refractivity contribution in [3.05, 3.63) is 0 Å². The fourth-order valence-electron chi connectivity index (χ4n) is 0.989. The van der Waals surface area contributed by atoms with E-state index < -0.39 is 19.2 Å². The molecule has 0 spiro atoms. The second-order valence-corrected chi connectivity index (χ2v) is 3.17. The fraction of sp³-hybridized carbons (Fsp3) is 0.667. The van der Waals surface area contributed by atoms with Gasteiger partial charge in [0.2, 0.25) is 5.95 Å². The van der Waals surface area contributed by atoms with Gasteiger partial charge in [-0.1, -0.05) is 0 Å². The van der Waals surface area contributed by atoms with Crippen LogP contribution in [0, 0.1) is 0 Å². The predicted molar refractivity (Wildman–Crippen MR) is 56.7 cm³/mol. The Morgan fingerprint density at radius 2 is 1.83 bits per heavy atom. The van der Waals surface area contributed by atoms with Crippen molar-refractivity contribution in [2.75, 3.05) is 25.6 Å². The molecule has 0 atom stereocenters. The van der Waals surface area contributed by atoms with E-state index >= 15 is 0 Å². The molecule has 1 heterocycles. The van der Waals surface area contributed by atoms with Crippen LogP contribution in [0.1, 0.15) is 13.3 Å². The van der Waals surface area contributed by atoms with Gasteiger partial charge in [0.15, 0.2) is 0 Å². The number of aromatic nitrogens is 3. The number of halogens is 3. The molecule has 1 aromatic heterocycles. The quantitative estimate of drug-likeness (QED) is 0.844. The summed E-state index contributed by atoms with van der Waals surface area (Å²) in [6.45, 7) is 1.82. The van der Waals surface area contributed by atoms with Crippen LogP contribution in [-0.2, 0) is 0 Å². The molecule has 1 rings (SSSR count). The first-order valence-electron chi connectivity index (χ1n) is 5.18. The smallest absolute Gasteiger partial charge is 0.392 e. The molecule has 0 amide bonds. The van der Waals surface area contributed by atoms with Crippen molar-refractivity contribution in [3.63, 3.8) is 0 Å². The van der Waals surface area contributed by atoms with Crippen LogP contribution in [0.4, 0.5) is 19.1 Å². The Hall–Kier alpha value is -1.80. The van der Waals surface area contributed by atoms with Gasteiger partial charge in [0.05, 0.1) is 13.5 Å². The van der Waals surface area contributed by atoms with Crippen molar-refractivity contribution in [2.24, 2.45) is 0 Å². The van der Waals surface area contributed by atoms with Gasteiger partial charge in [-0.05, 0) is 6.92 Å². The van der Waals surface area contributed by atoms with E-state index in [2.05, 4.69) is 20.3 Å². The lowest BCUT2D eigenvalue weighted by Crippen LogP contribution is -2.14. The molecule has 18 heavy (non-hydrogen) atoms. The summed E-state index contributed by atoms with van der Waals surface area (Å²) >= 11 is 0. The van der Waals surface area contributed by atoms with Crippen LogP contribution in [0.3, 0.4) is 0 Å². The number of nitrogens with one attached hydrogen (secondary N) is 1. The van der Waals surface area contributed by atoms with Crippen molar-refractivity contribution >= 4 is 5.95 Å². The molecule has 0 bridgehead atoms. The van der Waals surface area contributed by atoms with E-state index in [0.717, 1.165) is 0 Å². The lowest BCUT2D eigenvalue weighted by Gasteiger charge is -2.09. The molecular formula is C9H13F3N4O2. The van der Waals surface area contributed by atoms with Gasteiger partial charge in [0.25, 0.3) is 0 Å². The molecule has 0 radical (unpaired) electrons. The van der Waals surface area contributed by atoms with Gasteiger partial charge in [-0.2, -0.15) is 23.1 Å². The zero-order valence-corrected chi connectivity index (χ0v) is 9.91. The maximum absolute atomic E-state index is 11.9. The highest BCUT2D eigenvalue weighted by Crippen LogP contribution is 2.20. The number of ether oxygens (including phenoxy) is 2. The molecule has 6 nitrogen and oxygen atoms in total. The Bertz CT molecular complexity index is 387. The molecule has 1 aromatic rings. The van der Waals surface area contributed by atoms with E-state index in [9.17, 15) is 13.2 Å². The first kappa shape index (κ1) is 14.3. The lowest BCUT2D eigenvalue weighted by molar-refractivity contribution is -0.139. The third kappa shape index (κ3) is 5.02. The zero-order chi connectivity index (χ0) is 13.6. The van der Waals surface area contributed by atoms with Crippen LogP contribution >= 0.6 is 0 Å². The third-order valence-electron chi connectivity index (χ3n) is 1.73. The summed E-state index contributed by atoms with van der Waals surface area (Å²) in [5, 5.41) is 2.78. The van der Waals surface area contributed by atoms with Crippen LogP contribution in [0.5, 0.6) is 12.0 Å². The molecule has 0 fully saturated rings. The third-order valence-corrected chi connectivity index (χ3v) is 1.73. The molecule has 0 saturated carbocycles. The van der Waals surface area contributed by atoms with Gasteiger partial charge in [-0.3, -0.25) is 0 Å². The number of nitrogens with zero attached hydrogens (tertiary/aromatic N) is 3. The van der Waals surface area contributed by atoms with E-state index in [-0.39, 0.29) is 18.0 Å². The molecular weight excluding hydrogens is 253 g/mol. The molecule has 0 aromatic carbocycles. The number of alkyl halides is 3. The van der Waals surface area contributed by atoms with Crippen LogP contribution < -0.4 is 14.8 Å². The molecule has 0 aliphatic rings. The second kappa shape index (κ2) is 6.22. The molecule has 0 saturated heterocycles. The molecule has 0 aliphatic heterocycles. The predicted octanol–water partition coefficient (Wildman–Crippen LogP) is 1.64. The number of hydrogen-bond donors (Lipinski definition) is 1. The highest BCUT2D eigenvalue weighted by atomic mass is 19.4. The van der Waals surface area contributed by atoms with Gasteiger partial charge < -0.3 is 14.8 Å². The number of anilines is 1. The summed E-state index contributed by atoms with van der Waals surface area (Å²) in [6, 6.07) is -0.231. The summed E-state index contributed by atoms with van der Waals surface area (Å²) in [5.41, 5.74) is 0. The van der Waals surface area contributed by atoms with Gasteiger partial charge in [-0.25, -0.2) is 0 Å². The topological polar surface area (TPSA) is 69.2 Å². The molecule has 0 unspecified atom stereocenters. The fourth-order valence-corrected chi connectivity index (χ4v) is 0.989. The average molecular weight is 266 g/mol. The second-order valence-electron chi connectivity index (χ2n) is 3.17. The van der Waals surface area contributed by atoms with Crippen molar-refractivity contribution in [3.8, 4) is 12.0 Å². The van der Waals surface area contributed by atoms with Crippen LogP contribution in [0.15, 0.2) is 0 Å². The maximum atomic E-state index is 11.9. The first-order valence-corrected chi connectivity index (χ1v) is 5.18. The maximum Gasteiger partial charge on any atom is 0.392 e. The van der Waals surface area contributed by atoms with Crippen LogP contribution in [0.25, 0.3) is 0 Å². The highest BCUT2D eigenvalue weighted by molar-refractivity contribution is 5.27. The summed E-state index contributed by atoms with van der Waals surface area (Å²) in [6.07, 6.45) is -5.35. The Morgan fingerprint density at radius 1 is 1.17 bits per heavy atom. The molecule has 9 heteroatoms. The van der Waals surface area contributed by atoms with Gasteiger partial charge >= 0.3 is 18.2 Å². The van der Waals surface area contributed by atoms with E-state index in [1.54, 1.807) is 0 Å². The van der Waals surface area contributed by atoms with Gasteiger partial charge in [0.1, 0.15) is 6.61 Å². The van der Waals surface area contributed by atoms with Crippen LogP contribution in [-0.4, -0.2) is 41.4 Å². The number of rotatable bonds is 6. The normalized spacial score (nSPS) is 11.2. The average Bonchev–Trinajstić information content (AvgIpc) is 2.27. The molecule has 0 aliphatic carbocycles. The van der Waals surface area contributed by atoms with E-state index in [1.807, 2.05) is 6.92 Å². The Morgan fingerprint density at radius 3 is 2.39 bits per heavy atom. The Labute approximate surface area is 102 Å². The minimum absolute atomic E-state index is 0.0250. The number of hydrogen-bond acceptors (Lipinski definition) is 6.